The monoisotopic (exact) mass is 457 g/mol. The highest BCUT2D eigenvalue weighted by atomic mass is 79.9. The van der Waals surface area contributed by atoms with Crippen molar-refractivity contribution in [1.82, 2.24) is 5.43 Å². The van der Waals surface area contributed by atoms with Crippen molar-refractivity contribution in [1.29, 1.82) is 0 Å². The van der Waals surface area contributed by atoms with Gasteiger partial charge in [-0.25, -0.2) is 5.43 Å². The maximum Gasteiger partial charge on any atom is 0.271 e. The number of hydrazone groups is 1. The molecule has 1 amide bonds. The third kappa shape index (κ3) is 6.11. The Bertz CT molecular complexity index is 959. The van der Waals surface area contributed by atoms with E-state index in [1.54, 1.807) is 47.4 Å². The molecule has 0 aliphatic carbocycles. The quantitative estimate of drug-likeness (QED) is 0.251. The number of aromatic nitrogens is 1. The second-order valence-electron chi connectivity index (χ2n) is 5.80. The van der Waals surface area contributed by atoms with Crippen LogP contribution in [0.4, 0.5) is 0 Å². The molecule has 0 saturated carbocycles. The van der Waals surface area contributed by atoms with E-state index in [9.17, 15) is 9.59 Å². The van der Waals surface area contributed by atoms with E-state index >= 15 is 0 Å². The Morgan fingerprint density at radius 1 is 0.929 bits per heavy atom. The molecule has 0 bridgehead atoms. The molecule has 0 aliphatic heterocycles. The molecule has 5 nitrogen and oxygen atoms in total. The lowest BCUT2D eigenvalue weighted by molar-refractivity contribution is -0.683. The van der Waals surface area contributed by atoms with Gasteiger partial charge in [0.25, 0.3) is 5.91 Å². The van der Waals surface area contributed by atoms with Gasteiger partial charge >= 0.3 is 0 Å². The van der Waals surface area contributed by atoms with Crippen molar-refractivity contribution in [2.45, 2.75) is 6.54 Å². The Kier molecular flexibility index (Phi) is 8.04. The van der Waals surface area contributed by atoms with E-state index in [1.807, 2.05) is 42.5 Å². The van der Waals surface area contributed by atoms with Gasteiger partial charge in [-0.1, -0.05) is 58.4 Å². The molecule has 1 aromatic heterocycles. The van der Waals surface area contributed by atoms with Crippen molar-refractivity contribution in [2.75, 3.05) is 0 Å². The highest BCUT2D eigenvalue weighted by Crippen LogP contribution is 2.09. The van der Waals surface area contributed by atoms with Crippen LogP contribution in [0, 0.1) is 0 Å². The van der Waals surface area contributed by atoms with Crippen LogP contribution < -0.4 is 22.4 Å². The van der Waals surface area contributed by atoms with E-state index in [4.69, 9.17) is 0 Å². The van der Waals surface area contributed by atoms with E-state index in [0.717, 1.165) is 10.0 Å². The molecule has 3 rings (SSSR count). The van der Waals surface area contributed by atoms with Crippen LogP contribution in [0.3, 0.4) is 0 Å². The van der Waals surface area contributed by atoms with Crippen LogP contribution in [-0.2, 0) is 6.54 Å². The normalized spacial score (nSPS) is 10.3. The number of nitrogens with one attached hydrogen (secondary N) is 1. The first kappa shape index (κ1) is 21.5. The van der Waals surface area contributed by atoms with Crippen LogP contribution in [0.2, 0.25) is 0 Å². The van der Waals surface area contributed by atoms with Crippen LogP contribution in [0.5, 0.6) is 0 Å². The Labute approximate surface area is 177 Å². The summed E-state index contributed by atoms with van der Waals surface area (Å²) < 4.78 is 2.71. The van der Waals surface area contributed by atoms with Crippen LogP contribution in [-0.4, -0.2) is 17.9 Å². The molecule has 0 atom stereocenters. The third-order valence-corrected chi connectivity index (χ3v) is 4.35. The van der Waals surface area contributed by atoms with E-state index < -0.39 is 0 Å². The fourth-order valence-corrected chi connectivity index (χ4v) is 2.64. The van der Waals surface area contributed by atoms with Gasteiger partial charge in [0.05, 0.1) is 11.8 Å². The van der Waals surface area contributed by atoms with Crippen molar-refractivity contribution in [3.8, 4) is 0 Å². The van der Waals surface area contributed by atoms with Gasteiger partial charge in [-0.15, -0.1) is 0 Å². The van der Waals surface area contributed by atoms with Gasteiger partial charge in [0, 0.05) is 22.2 Å². The predicted octanol–water partition coefficient (Wildman–Crippen LogP) is 0.387. The Hall–Kier alpha value is -2.83. The topological polar surface area (TPSA) is 62.4 Å². The minimum Gasteiger partial charge on any atom is -1.00 e. The fourth-order valence-electron chi connectivity index (χ4n) is 2.37. The molecule has 3 aromatic rings. The van der Waals surface area contributed by atoms with E-state index in [-0.39, 0.29) is 30.6 Å². The Morgan fingerprint density at radius 2 is 1.57 bits per heavy atom. The molecule has 142 valence electrons. The third-order valence-electron chi connectivity index (χ3n) is 3.82. The number of nitrogens with zero attached hydrogens (tertiary/aromatic N) is 2. The number of ketones is 1. The maximum absolute atomic E-state index is 12.2. The van der Waals surface area contributed by atoms with E-state index in [1.165, 1.54) is 0 Å². The summed E-state index contributed by atoms with van der Waals surface area (Å²) in [5, 5.41) is 3.96. The van der Waals surface area contributed by atoms with Gasteiger partial charge in [-0.2, -0.15) is 9.67 Å². The smallest absolute Gasteiger partial charge is 0.271 e. The highest BCUT2D eigenvalue weighted by Gasteiger charge is 2.13. The van der Waals surface area contributed by atoms with Crippen molar-refractivity contribution in [2.24, 2.45) is 5.10 Å². The van der Waals surface area contributed by atoms with Gasteiger partial charge < -0.3 is 12.4 Å². The van der Waals surface area contributed by atoms with Crippen molar-refractivity contribution in [3.63, 3.8) is 0 Å². The number of benzene rings is 2. The van der Waals surface area contributed by atoms with Crippen LogP contribution >= 0.6 is 15.9 Å². The SMILES string of the molecule is O=C(C[n+]1ccc(C(=O)N/N=C/c2ccc(Br)cc2)cc1)c1ccccc1.[Cl-]. The van der Waals surface area contributed by atoms with Gasteiger partial charge in [0.15, 0.2) is 12.4 Å². The molecule has 0 aliphatic rings. The lowest BCUT2D eigenvalue weighted by Crippen LogP contribution is -3.00. The lowest BCUT2D eigenvalue weighted by Gasteiger charge is -2.01. The summed E-state index contributed by atoms with van der Waals surface area (Å²) in [6, 6.07) is 20.0. The zero-order valence-corrected chi connectivity index (χ0v) is 17.1. The van der Waals surface area contributed by atoms with Gasteiger partial charge in [0.1, 0.15) is 0 Å². The minimum atomic E-state index is -0.315. The molecule has 0 unspecified atom stereocenters. The number of hydrogen-bond acceptors (Lipinski definition) is 3. The molecule has 2 aromatic carbocycles. The van der Waals surface area contributed by atoms with Crippen molar-refractivity contribution >= 4 is 33.8 Å². The Balaban J connectivity index is 0.00000280. The molecule has 0 saturated heterocycles. The molecule has 0 spiro atoms. The number of rotatable bonds is 6. The summed E-state index contributed by atoms with van der Waals surface area (Å²) in [5.41, 5.74) is 4.49. The number of pyridine rings is 1. The molecule has 0 radical (unpaired) electrons. The Morgan fingerprint density at radius 3 is 2.21 bits per heavy atom. The molecule has 1 N–H and O–H groups in total. The number of Topliss-reactive ketones (excluding diaryl/α,β-unsaturated/α-hetero) is 1. The summed E-state index contributed by atoms with van der Waals surface area (Å²) in [5.74, 6) is -0.304. The first-order valence-corrected chi connectivity index (χ1v) is 9.07. The summed E-state index contributed by atoms with van der Waals surface area (Å²) in [6.07, 6.45) is 4.98. The van der Waals surface area contributed by atoms with E-state index in [2.05, 4.69) is 26.5 Å². The second-order valence-corrected chi connectivity index (χ2v) is 6.71. The molecular formula is C21H17BrClN3O2. The van der Waals surface area contributed by atoms with Gasteiger partial charge in [-0.05, 0) is 17.7 Å². The minimum absolute atomic E-state index is 0. The average Bonchev–Trinajstić information content (AvgIpc) is 2.70. The first-order chi connectivity index (χ1) is 13.1. The van der Waals surface area contributed by atoms with Gasteiger partial charge in [0.2, 0.25) is 12.3 Å². The number of hydrogen-bond donors (Lipinski definition) is 1. The summed E-state index contributed by atoms with van der Waals surface area (Å²) >= 11 is 3.36. The molecule has 1 heterocycles. The molecular weight excluding hydrogens is 442 g/mol. The molecule has 0 fully saturated rings. The predicted molar refractivity (Wildman–Crippen MR) is 107 cm³/mol. The van der Waals surface area contributed by atoms with Crippen LogP contribution in [0.15, 0.2) is 88.7 Å². The lowest BCUT2D eigenvalue weighted by atomic mass is 10.1. The summed E-state index contributed by atoms with van der Waals surface area (Å²) in [6.45, 7) is 0.216. The second kappa shape index (κ2) is 10.5. The number of halogens is 2. The number of carbonyl (C=O) groups excluding carboxylic acids is 2. The van der Waals surface area contributed by atoms with Crippen molar-refractivity contribution in [3.05, 3.63) is 100 Å². The molecule has 28 heavy (non-hydrogen) atoms. The first-order valence-electron chi connectivity index (χ1n) is 8.28. The summed E-state index contributed by atoms with van der Waals surface area (Å²) in [7, 11) is 0. The standard InChI is InChI=1S/C21H16BrN3O2.ClH/c22-19-8-6-16(7-9-19)14-23-24-21(27)18-10-12-25(13-11-18)15-20(26)17-4-2-1-3-5-17;/h1-14H,15H2;1H. The summed E-state index contributed by atoms with van der Waals surface area (Å²) in [4.78, 5) is 24.3. The zero-order valence-electron chi connectivity index (χ0n) is 14.8. The largest absolute Gasteiger partial charge is 1.00 e. The van der Waals surface area contributed by atoms with E-state index in [0.29, 0.717) is 11.1 Å². The average molecular weight is 459 g/mol. The highest BCUT2D eigenvalue weighted by molar-refractivity contribution is 9.10. The van der Waals surface area contributed by atoms with Crippen molar-refractivity contribution < 1.29 is 26.6 Å². The maximum atomic E-state index is 12.2. The molecule has 7 heteroatoms. The van der Waals surface area contributed by atoms with Crippen LogP contribution in [0.25, 0.3) is 0 Å². The van der Waals surface area contributed by atoms with Gasteiger partial charge in [-0.3, -0.25) is 9.59 Å². The van der Waals surface area contributed by atoms with Crippen LogP contribution in [0.1, 0.15) is 26.3 Å². The number of carbonyl (C=O) groups is 2. The number of amides is 1. The fraction of sp³-hybridized carbons (Fsp3) is 0.0476. The zero-order chi connectivity index (χ0) is 19.1.